The fourth-order valence-corrected chi connectivity index (χ4v) is 4.65. The monoisotopic (exact) mass is 363 g/mol. The van der Waals surface area contributed by atoms with Gasteiger partial charge in [0, 0.05) is 43.3 Å². The number of piperidine rings is 1. The second-order valence-electron chi connectivity index (χ2n) is 7.79. The Hall–Kier alpha value is -2.17. The number of benzene rings is 2. The van der Waals surface area contributed by atoms with Gasteiger partial charge in [-0.2, -0.15) is 0 Å². The maximum atomic E-state index is 12.4. The smallest absolute Gasteiger partial charge is 0.251 e. The number of fused-ring (bicyclic) bond motifs is 2. The Labute approximate surface area is 162 Å². The van der Waals surface area contributed by atoms with E-state index in [0.717, 1.165) is 38.0 Å². The summed E-state index contributed by atoms with van der Waals surface area (Å²) in [5.74, 6) is 0.0676. The van der Waals surface area contributed by atoms with Gasteiger partial charge in [0.2, 0.25) is 0 Å². The highest BCUT2D eigenvalue weighted by Crippen LogP contribution is 2.35. The molecule has 0 aliphatic carbocycles. The summed E-state index contributed by atoms with van der Waals surface area (Å²) in [5, 5.41) is 6.84. The van der Waals surface area contributed by atoms with Crippen LogP contribution < -0.4 is 10.6 Å². The molecule has 2 aliphatic heterocycles. The zero-order chi connectivity index (χ0) is 18.5. The van der Waals surface area contributed by atoms with E-state index in [1.807, 2.05) is 30.3 Å². The van der Waals surface area contributed by atoms with E-state index in [2.05, 4.69) is 45.9 Å². The second kappa shape index (κ2) is 8.68. The van der Waals surface area contributed by atoms with Crippen molar-refractivity contribution in [3.8, 4) is 0 Å². The first kappa shape index (κ1) is 18.2. The van der Waals surface area contributed by atoms with Gasteiger partial charge in [-0.25, -0.2) is 0 Å². The molecule has 0 radical (unpaired) electrons. The standard InChI is InChI=1S/C23H29N3O/c27-23(19-9-5-2-6-10-19)25-20-15-21-11-12-22(16-20)26(21)14-13-24-17-18-7-3-1-4-8-18/h1-10,20-22,24H,11-17H2,(H,25,27). The number of nitrogens with zero attached hydrogens (tertiary/aromatic N) is 1. The molecule has 2 heterocycles. The second-order valence-corrected chi connectivity index (χ2v) is 7.79. The van der Waals surface area contributed by atoms with Gasteiger partial charge < -0.3 is 10.6 Å². The highest BCUT2D eigenvalue weighted by Gasteiger charge is 2.40. The van der Waals surface area contributed by atoms with Crippen molar-refractivity contribution in [2.24, 2.45) is 0 Å². The number of amides is 1. The molecule has 4 heteroatoms. The number of nitrogens with one attached hydrogen (secondary N) is 2. The number of rotatable bonds is 7. The fourth-order valence-electron chi connectivity index (χ4n) is 4.65. The lowest BCUT2D eigenvalue weighted by Gasteiger charge is -2.39. The lowest BCUT2D eigenvalue weighted by atomic mass is 9.97. The highest BCUT2D eigenvalue weighted by molar-refractivity contribution is 5.94. The van der Waals surface area contributed by atoms with E-state index in [9.17, 15) is 4.79 Å². The van der Waals surface area contributed by atoms with Gasteiger partial charge in [0.1, 0.15) is 0 Å². The number of carbonyl (C=O) groups is 1. The molecule has 2 bridgehead atoms. The van der Waals surface area contributed by atoms with Gasteiger partial charge in [-0.15, -0.1) is 0 Å². The Morgan fingerprint density at radius 2 is 1.56 bits per heavy atom. The summed E-state index contributed by atoms with van der Waals surface area (Å²) in [6.07, 6.45) is 4.68. The van der Waals surface area contributed by atoms with Crippen molar-refractivity contribution in [2.75, 3.05) is 13.1 Å². The first-order valence-corrected chi connectivity index (χ1v) is 10.2. The van der Waals surface area contributed by atoms with Crippen LogP contribution in [0, 0.1) is 0 Å². The van der Waals surface area contributed by atoms with Crippen molar-refractivity contribution in [2.45, 2.75) is 50.4 Å². The van der Waals surface area contributed by atoms with Crippen molar-refractivity contribution < 1.29 is 4.79 Å². The van der Waals surface area contributed by atoms with Crippen LogP contribution in [-0.2, 0) is 6.54 Å². The molecule has 4 nitrogen and oxygen atoms in total. The number of hydrogen-bond donors (Lipinski definition) is 2. The molecule has 2 aromatic carbocycles. The summed E-state index contributed by atoms with van der Waals surface area (Å²) < 4.78 is 0. The van der Waals surface area contributed by atoms with Crippen molar-refractivity contribution in [1.29, 1.82) is 0 Å². The molecule has 4 rings (SSSR count). The normalized spacial score (nSPS) is 24.7. The molecule has 27 heavy (non-hydrogen) atoms. The molecule has 0 saturated carbocycles. The third kappa shape index (κ3) is 4.57. The van der Waals surface area contributed by atoms with Crippen LogP contribution in [-0.4, -0.2) is 42.0 Å². The topological polar surface area (TPSA) is 44.4 Å². The van der Waals surface area contributed by atoms with E-state index in [1.54, 1.807) is 0 Å². The van der Waals surface area contributed by atoms with E-state index in [-0.39, 0.29) is 5.91 Å². The summed E-state index contributed by atoms with van der Waals surface area (Å²) in [5.41, 5.74) is 2.10. The molecule has 2 atom stereocenters. The molecule has 2 fully saturated rings. The summed E-state index contributed by atoms with van der Waals surface area (Å²) in [6.45, 7) is 3.05. The summed E-state index contributed by atoms with van der Waals surface area (Å²) in [7, 11) is 0. The Balaban J connectivity index is 1.23. The van der Waals surface area contributed by atoms with E-state index in [1.165, 1.54) is 18.4 Å². The van der Waals surface area contributed by atoms with Crippen LogP contribution in [0.5, 0.6) is 0 Å². The Morgan fingerprint density at radius 1 is 0.926 bits per heavy atom. The van der Waals surface area contributed by atoms with E-state index in [4.69, 9.17) is 0 Å². The van der Waals surface area contributed by atoms with Crippen molar-refractivity contribution in [1.82, 2.24) is 15.5 Å². The van der Waals surface area contributed by atoms with Crippen LogP contribution >= 0.6 is 0 Å². The molecule has 2 unspecified atom stereocenters. The van der Waals surface area contributed by atoms with Gasteiger partial charge in [-0.3, -0.25) is 9.69 Å². The Kier molecular flexibility index (Phi) is 5.85. The van der Waals surface area contributed by atoms with Gasteiger partial charge in [0.25, 0.3) is 5.91 Å². The first-order valence-electron chi connectivity index (χ1n) is 10.2. The predicted octanol–water partition coefficient (Wildman–Crippen LogP) is 3.20. The molecule has 0 aromatic heterocycles. The van der Waals surface area contributed by atoms with Gasteiger partial charge in [0.15, 0.2) is 0 Å². The summed E-state index contributed by atoms with van der Waals surface area (Å²) in [4.78, 5) is 15.1. The maximum absolute atomic E-state index is 12.4. The average Bonchev–Trinajstić information content (AvgIpc) is 2.95. The third-order valence-corrected chi connectivity index (χ3v) is 5.97. The zero-order valence-corrected chi connectivity index (χ0v) is 15.8. The molecule has 142 valence electrons. The lowest BCUT2D eigenvalue weighted by Crippen LogP contribution is -2.51. The van der Waals surface area contributed by atoms with Crippen LogP contribution in [0.2, 0.25) is 0 Å². The first-order chi connectivity index (χ1) is 13.3. The minimum absolute atomic E-state index is 0.0676. The van der Waals surface area contributed by atoms with Crippen LogP contribution in [0.4, 0.5) is 0 Å². The van der Waals surface area contributed by atoms with Gasteiger partial charge in [-0.05, 0) is 43.4 Å². The van der Waals surface area contributed by atoms with Crippen LogP contribution in [0.25, 0.3) is 0 Å². The van der Waals surface area contributed by atoms with Crippen molar-refractivity contribution in [3.05, 3.63) is 71.8 Å². The van der Waals surface area contributed by atoms with Crippen molar-refractivity contribution in [3.63, 3.8) is 0 Å². The van der Waals surface area contributed by atoms with Gasteiger partial charge in [0.05, 0.1) is 0 Å². The lowest BCUT2D eigenvalue weighted by molar-refractivity contribution is 0.0847. The maximum Gasteiger partial charge on any atom is 0.251 e. The quantitative estimate of drug-likeness (QED) is 0.743. The Morgan fingerprint density at radius 3 is 2.22 bits per heavy atom. The third-order valence-electron chi connectivity index (χ3n) is 5.97. The highest BCUT2D eigenvalue weighted by atomic mass is 16.1. The molecule has 2 aliphatic rings. The SMILES string of the molecule is O=C(NC1CC2CCC(C1)N2CCNCc1ccccc1)c1ccccc1. The number of hydrogen-bond acceptors (Lipinski definition) is 3. The average molecular weight is 364 g/mol. The molecule has 1 amide bonds. The van der Waals surface area contributed by atoms with Crippen LogP contribution in [0.15, 0.2) is 60.7 Å². The molecule has 0 spiro atoms. The fraction of sp³-hybridized carbons (Fsp3) is 0.435. The van der Waals surface area contributed by atoms with Gasteiger partial charge in [-0.1, -0.05) is 48.5 Å². The number of carbonyl (C=O) groups excluding carboxylic acids is 1. The molecular weight excluding hydrogens is 334 g/mol. The van der Waals surface area contributed by atoms with E-state index >= 15 is 0 Å². The molecular formula is C23H29N3O. The molecule has 2 saturated heterocycles. The molecule has 2 N–H and O–H groups in total. The van der Waals surface area contributed by atoms with Crippen LogP contribution in [0.3, 0.4) is 0 Å². The Bertz CT molecular complexity index is 720. The van der Waals surface area contributed by atoms with E-state index in [0.29, 0.717) is 18.1 Å². The predicted molar refractivity (Wildman–Crippen MR) is 109 cm³/mol. The summed E-state index contributed by atoms with van der Waals surface area (Å²) in [6, 6.07) is 21.7. The van der Waals surface area contributed by atoms with Gasteiger partial charge >= 0.3 is 0 Å². The summed E-state index contributed by atoms with van der Waals surface area (Å²) >= 11 is 0. The van der Waals surface area contributed by atoms with Crippen LogP contribution in [0.1, 0.15) is 41.6 Å². The minimum Gasteiger partial charge on any atom is -0.349 e. The largest absolute Gasteiger partial charge is 0.349 e. The van der Waals surface area contributed by atoms with E-state index < -0.39 is 0 Å². The van der Waals surface area contributed by atoms with Crippen molar-refractivity contribution >= 4 is 5.91 Å². The molecule has 2 aromatic rings. The minimum atomic E-state index is 0.0676. The zero-order valence-electron chi connectivity index (χ0n) is 15.8.